The lowest BCUT2D eigenvalue weighted by molar-refractivity contribution is 0.132. The average molecular weight is 184 g/mol. The smallest absolute Gasteiger partial charge is 0.152 e. The number of aromatic nitrogens is 1. The molecule has 0 aliphatic heterocycles. The molecule has 0 aliphatic rings. The Labute approximate surface area is 76.1 Å². The first-order valence-corrected chi connectivity index (χ1v) is 4.54. The summed E-state index contributed by atoms with van der Waals surface area (Å²) in [6, 6.07) is 0. The fourth-order valence-electron chi connectivity index (χ4n) is 0.697. The monoisotopic (exact) mass is 184 g/mol. The van der Waals surface area contributed by atoms with Crippen molar-refractivity contribution in [3.8, 4) is 0 Å². The first-order chi connectivity index (χ1) is 5.68. The molecule has 0 aromatic carbocycles. The summed E-state index contributed by atoms with van der Waals surface area (Å²) in [4.78, 5) is 10.3. The Kier molecular flexibility index (Phi) is 3.22. The maximum atomic E-state index is 5.05. The second kappa shape index (κ2) is 4.21. The Balaban J connectivity index is 2.38. The van der Waals surface area contributed by atoms with Gasteiger partial charge in [-0.15, -0.1) is 11.3 Å². The second-order valence-electron chi connectivity index (χ2n) is 2.66. The molecule has 0 bridgehead atoms. The van der Waals surface area contributed by atoms with Crippen molar-refractivity contribution in [1.29, 1.82) is 0 Å². The third-order valence-corrected chi connectivity index (χ3v) is 2.01. The first kappa shape index (κ1) is 9.19. The molecule has 0 saturated heterocycles. The van der Waals surface area contributed by atoms with Crippen molar-refractivity contribution in [2.24, 2.45) is 5.16 Å². The van der Waals surface area contributed by atoms with Crippen LogP contribution in [0.2, 0.25) is 0 Å². The molecule has 0 atom stereocenters. The first-order valence-electron chi connectivity index (χ1n) is 3.73. The van der Waals surface area contributed by atoms with Crippen LogP contribution in [0.3, 0.4) is 0 Å². The zero-order chi connectivity index (χ0) is 8.97. The average Bonchev–Trinajstić information content (AvgIpc) is 2.35. The summed E-state index contributed by atoms with van der Waals surface area (Å²) in [7, 11) is 0. The van der Waals surface area contributed by atoms with Crippen LogP contribution in [0.4, 0.5) is 0 Å². The normalized spacial score (nSPS) is 9.58. The van der Waals surface area contributed by atoms with Crippen LogP contribution in [0.5, 0.6) is 0 Å². The van der Waals surface area contributed by atoms with Crippen LogP contribution in [0, 0.1) is 6.92 Å². The van der Waals surface area contributed by atoms with E-state index < -0.39 is 0 Å². The Hall–Kier alpha value is -0.900. The molecule has 0 amide bonds. The molecule has 0 fully saturated rings. The molecule has 0 spiro atoms. The van der Waals surface area contributed by atoms with E-state index in [4.69, 9.17) is 4.84 Å². The molecule has 0 N–H and O–H groups in total. The third-order valence-electron chi connectivity index (χ3n) is 1.12. The molecule has 66 valence electrons. The van der Waals surface area contributed by atoms with Gasteiger partial charge in [0.1, 0.15) is 0 Å². The van der Waals surface area contributed by atoms with Crippen molar-refractivity contribution in [3.63, 3.8) is 0 Å². The van der Waals surface area contributed by atoms with Gasteiger partial charge in [-0.3, -0.25) is 0 Å². The molecule has 1 aromatic heterocycles. The fourth-order valence-corrected chi connectivity index (χ4v) is 1.40. The highest BCUT2D eigenvalue weighted by atomic mass is 32.1. The Morgan fingerprint density at radius 1 is 1.67 bits per heavy atom. The summed E-state index contributed by atoms with van der Waals surface area (Å²) in [6.45, 7) is 6.30. The molecule has 0 radical (unpaired) electrons. The van der Waals surface area contributed by atoms with Crippen molar-refractivity contribution in [1.82, 2.24) is 4.98 Å². The summed E-state index contributed by atoms with van der Waals surface area (Å²) in [5, 5.41) is 4.89. The van der Waals surface area contributed by atoms with E-state index in [0.717, 1.165) is 15.6 Å². The number of nitrogens with zero attached hydrogens (tertiary/aromatic N) is 2. The van der Waals surface area contributed by atoms with Crippen LogP contribution in [0.25, 0.3) is 0 Å². The third kappa shape index (κ3) is 3.00. The van der Waals surface area contributed by atoms with Gasteiger partial charge in [-0.25, -0.2) is 4.98 Å². The maximum absolute atomic E-state index is 5.05. The van der Waals surface area contributed by atoms with Crippen LogP contribution >= 0.6 is 11.3 Å². The summed E-state index contributed by atoms with van der Waals surface area (Å²) in [5.41, 5.74) is 0.927. The van der Waals surface area contributed by atoms with Gasteiger partial charge in [0.15, 0.2) is 6.61 Å². The van der Waals surface area contributed by atoms with E-state index in [1.54, 1.807) is 11.3 Å². The Bertz CT molecular complexity index is 276. The standard InChI is InChI=1S/C8H12N2OS/c1-6(2)10-11-5-8-4-9-7(3)12-8/h4H,5H2,1-3H3. The molecule has 0 unspecified atom stereocenters. The van der Waals surface area contributed by atoms with E-state index in [-0.39, 0.29) is 0 Å². The second-order valence-corrected chi connectivity index (χ2v) is 3.98. The summed E-state index contributed by atoms with van der Waals surface area (Å²) in [5.74, 6) is 0. The van der Waals surface area contributed by atoms with E-state index in [1.165, 1.54) is 0 Å². The van der Waals surface area contributed by atoms with Gasteiger partial charge in [0.25, 0.3) is 0 Å². The molecule has 1 aromatic rings. The molecule has 1 heterocycles. The maximum Gasteiger partial charge on any atom is 0.152 e. The van der Waals surface area contributed by atoms with E-state index in [2.05, 4.69) is 10.1 Å². The number of rotatable bonds is 3. The quantitative estimate of drug-likeness (QED) is 0.534. The van der Waals surface area contributed by atoms with Crippen molar-refractivity contribution in [3.05, 3.63) is 16.1 Å². The van der Waals surface area contributed by atoms with Crippen LogP contribution in [0.1, 0.15) is 23.7 Å². The molecule has 12 heavy (non-hydrogen) atoms. The van der Waals surface area contributed by atoms with Crippen molar-refractivity contribution in [2.75, 3.05) is 0 Å². The number of aryl methyl sites for hydroxylation is 1. The molecule has 0 saturated carbocycles. The van der Waals surface area contributed by atoms with Gasteiger partial charge >= 0.3 is 0 Å². The molecule has 3 nitrogen and oxygen atoms in total. The molecule has 1 rings (SSSR count). The van der Waals surface area contributed by atoms with Crippen LogP contribution in [0.15, 0.2) is 11.4 Å². The highest BCUT2D eigenvalue weighted by Crippen LogP contribution is 2.12. The van der Waals surface area contributed by atoms with Crippen LogP contribution in [-0.4, -0.2) is 10.7 Å². The largest absolute Gasteiger partial charge is 0.390 e. The minimum atomic E-state index is 0.524. The molecule has 0 aliphatic carbocycles. The van der Waals surface area contributed by atoms with Crippen molar-refractivity contribution >= 4 is 17.0 Å². The highest BCUT2D eigenvalue weighted by Gasteiger charge is 1.96. The fraction of sp³-hybridized carbons (Fsp3) is 0.500. The lowest BCUT2D eigenvalue weighted by Crippen LogP contribution is -1.86. The van der Waals surface area contributed by atoms with Gasteiger partial charge < -0.3 is 4.84 Å². The molecular weight excluding hydrogens is 172 g/mol. The van der Waals surface area contributed by atoms with Gasteiger partial charge in [0.2, 0.25) is 0 Å². The lowest BCUT2D eigenvalue weighted by atomic mass is 10.5. The highest BCUT2D eigenvalue weighted by molar-refractivity contribution is 7.11. The summed E-state index contributed by atoms with van der Waals surface area (Å²) in [6.07, 6.45) is 1.82. The minimum absolute atomic E-state index is 0.524. The minimum Gasteiger partial charge on any atom is -0.390 e. The number of oxime groups is 1. The summed E-state index contributed by atoms with van der Waals surface area (Å²) >= 11 is 1.63. The van der Waals surface area contributed by atoms with E-state index in [1.807, 2.05) is 27.0 Å². The zero-order valence-electron chi connectivity index (χ0n) is 7.50. The van der Waals surface area contributed by atoms with E-state index in [0.29, 0.717) is 6.61 Å². The lowest BCUT2D eigenvalue weighted by Gasteiger charge is -1.94. The SMILES string of the molecule is CC(C)=NOCc1cnc(C)s1. The predicted molar refractivity (Wildman–Crippen MR) is 50.4 cm³/mol. The van der Waals surface area contributed by atoms with Crippen molar-refractivity contribution < 1.29 is 4.84 Å². The number of hydrogen-bond donors (Lipinski definition) is 0. The van der Waals surface area contributed by atoms with E-state index >= 15 is 0 Å². The Morgan fingerprint density at radius 2 is 2.42 bits per heavy atom. The van der Waals surface area contributed by atoms with Gasteiger partial charge in [0, 0.05) is 6.20 Å². The predicted octanol–water partition coefficient (Wildman–Crippen LogP) is 2.36. The number of hydrogen-bond acceptors (Lipinski definition) is 4. The van der Waals surface area contributed by atoms with Crippen LogP contribution in [-0.2, 0) is 11.4 Å². The summed E-state index contributed by atoms with van der Waals surface area (Å²) < 4.78 is 0. The van der Waals surface area contributed by atoms with Gasteiger partial charge in [-0.05, 0) is 20.8 Å². The van der Waals surface area contributed by atoms with Crippen LogP contribution < -0.4 is 0 Å². The molecular formula is C8H12N2OS. The molecule has 4 heteroatoms. The van der Waals surface area contributed by atoms with Gasteiger partial charge in [-0.1, -0.05) is 5.16 Å². The topological polar surface area (TPSA) is 34.5 Å². The zero-order valence-corrected chi connectivity index (χ0v) is 8.31. The van der Waals surface area contributed by atoms with E-state index in [9.17, 15) is 0 Å². The number of thiazole rings is 1. The van der Waals surface area contributed by atoms with Gasteiger partial charge in [0.05, 0.1) is 15.6 Å². The Morgan fingerprint density at radius 3 is 2.92 bits per heavy atom. The van der Waals surface area contributed by atoms with Gasteiger partial charge in [-0.2, -0.15) is 0 Å². The van der Waals surface area contributed by atoms with Crippen molar-refractivity contribution in [2.45, 2.75) is 27.4 Å².